The SMILES string of the molecule is N#Cc1c(N)cc(I)cc1I. The molecule has 0 aliphatic carbocycles. The molecule has 0 radical (unpaired) electrons. The van der Waals surface area contributed by atoms with E-state index in [0.717, 1.165) is 7.14 Å². The van der Waals surface area contributed by atoms with Gasteiger partial charge in [0.2, 0.25) is 0 Å². The van der Waals surface area contributed by atoms with Crippen molar-refractivity contribution in [3.05, 3.63) is 24.8 Å². The maximum atomic E-state index is 8.65. The van der Waals surface area contributed by atoms with Crippen LogP contribution in [0.2, 0.25) is 0 Å². The van der Waals surface area contributed by atoms with Gasteiger partial charge in [0.05, 0.1) is 11.3 Å². The van der Waals surface area contributed by atoms with Crippen LogP contribution in [0.1, 0.15) is 5.56 Å². The molecule has 0 heterocycles. The van der Waals surface area contributed by atoms with E-state index in [9.17, 15) is 0 Å². The molecule has 4 heteroatoms. The number of halogens is 2. The monoisotopic (exact) mass is 370 g/mol. The third kappa shape index (κ3) is 1.96. The van der Waals surface area contributed by atoms with E-state index in [0.29, 0.717) is 11.3 Å². The van der Waals surface area contributed by atoms with Crippen LogP contribution in [-0.2, 0) is 0 Å². The van der Waals surface area contributed by atoms with Gasteiger partial charge in [-0.1, -0.05) is 0 Å². The molecule has 0 bridgehead atoms. The molecule has 1 aromatic carbocycles. The van der Waals surface area contributed by atoms with E-state index in [4.69, 9.17) is 11.0 Å². The van der Waals surface area contributed by atoms with Crippen molar-refractivity contribution < 1.29 is 0 Å². The molecular weight excluding hydrogens is 366 g/mol. The van der Waals surface area contributed by atoms with Gasteiger partial charge in [0.15, 0.2) is 0 Å². The molecule has 0 aromatic heterocycles. The minimum absolute atomic E-state index is 0.559. The second-order valence-electron chi connectivity index (χ2n) is 1.96. The smallest absolute Gasteiger partial charge is 0.102 e. The molecule has 56 valence electrons. The van der Waals surface area contributed by atoms with Crippen molar-refractivity contribution in [1.82, 2.24) is 0 Å². The molecule has 0 saturated carbocycles. The van der Waals surface area contributed by atoms with Gasteiger partial charge in [-0.3, -0.25) is 0 Å². The fourth-order valence-electron chi connectivity index (χ4n) is 0.711. The third-order valence-corrected chi connectivity index (χ3v) is 2.67. The fourth-order valence-corrected chi connectivity index (χ4v) is 2.72. The highest BCUT2D eigenvalue weighted by Crippen LogP contribution is 2.21. The molecular formula is C7H4I2N2. The molecule has 0 unspecified atom stereocenters. The molecule has 0 aliphatic rings. The van der Waals surface area contributed by atoms with Gasteiger partial charge >= 0.3 is 0 Å². The van der Waals surface area contributed by atoms with E-state index in [2.05, 4.69) is 51.3 Å². The Morgan fingerprint density at radius 2 is 2.00 bits per heavy atom. The van der Waals surface area contributed by atoms with E-state index in [1.807, 2.05) is 6.07 Å². The third-order valence-electron chi connectivity index (χ3n) is 1.20. The highest BCUT2D eigenvalue weighted by Gasteiger charge is 2.03. The number of nitriles is 1. The minimum Gasteiger partial charge on any atom is -0.398 e. The Hall–Kier alpha value is -0.0300. The lowest BCUT2D eigenvalue weighted by atomic mass is 10.2. The summed E-state index contributed by atoms with van der Waals surface area (Å²) in [6.45, 7) is 0. The van der Waals surface area contributed by atoms with Crippen molar-refractivity contribution in [2.24, 2.45) is 0 Å². The largest absolute Gasteiger partial charge is 0.398 e. The van der Waals surface area contributed by atoms with Crippen molar-refractivity contribution >= 4 is 50.9 Å². The lowest BCUT2D eigenvalue weighted by molar-refractivity contribution is 1.45. The van der Waals surface area contributed by atoms with E-state index < -0.39 is 0 Å². The van der Waals surface area contributed by atoms with E-state index in [1.54, 1.807) is 6.07 Å². The summed E-state index contributed by atoms with van der Waals surface area (Å²) in [5, 5.41) is 8.65. The summed E-state index contributed by atoms with van der Waals surface area (Å²) in [7, 11) is 0. The van der Waals surface area contributed by atoms with Crippen LogP contribution in [0, 0.1) is 18.5 Å². The highest BCUT2D eigenvalue weighted by molar-refractivity contribution is 14.1. The second-order valence-corrected chi connectivity index (χ2v) is 4.37. The number of hydrogen-bond donors (Lipinski definition) is 1. The molecule has 11 heavy (non-hydrogen) atoms. The van der Waals surface area contributed by atoms with Gasteiger partial charge in [-0.25, -0.2) is 0 Å². The first-order valence-electron chi connectivity index (χ1n) is 2.79. The summed E-state index contributed by atoms with van der Waals surface area (Å²) in [6.07, 6.45) is 0. The van der Waals surface area contributed by atoms with Gasteiger partial charge in [0.25, 0.3) is 0 Å². The zero-order valence-electron chi connectivity index (χ0n) is 5.44. The standard InChI is InChI=1S/C7H4I2N2/c8-4-1-6(9)5(3-10)7(11)2-4/h1-2H,11H2. The van der Waals surface area contributed by atoms with E-state index in [-0.39, 0.29) is 0 Å². The molecule has 2 nitrogen and oxygen atoms in total. The first kappa shape index (κ1) is 9.06. The van der Waals surface area contributed by atoms with Crippen LogP contribution >= 0.6 is 45.2 Å². The highest BCUT2D eigenvalue weighted by atomic mass is 127. The summed E-state index contributed by atoms with van der Waals surface area (Å²) in [5.41, 5.74) is 6.73. The Balaban J connectivity index is 3.40. The Morgan fingerprint density at radius 3 is 2.45 bits per heavy atom. The van der Waals surface area contributed by atoms with Crippen LogP contribution in [0.5, 0.6) is 0 Å². The zero-order chi connectivity index (χ0) is 8.43. The number of rotatable bonds is 0. The second kappa shape index (κ2) is 3.58. The Morgan fingerprint density at radius 1 is 1.36 bits per heavy atom. The average molecular weight is 370 g/mol. The zero-order valence-corrected chi connectivity index (χ0v) is 9.75. The Bertz CT molecular complexity index is 305. The topological polar surface area (TPSA) is 49.8 Å². The molecule has 0 amide bonds. The van der Waals surface area contributed by atoms with Gasteiger partial charge < -0.3 is 5.73 Å². The van der Waals surface area contributed by atoms with Crippen LogP contribution in [0.4, 0.5) is 5.69 Å². The van der Waals surface area contributed by atoms with Crippen molar-refractivity contribution in [2.45, 2.75) is 0 Å². The molecule has 1 aromatic rings. The van der Waals surface area contributed by atoms with Gasteiger partial charge in [0, 0.05) is 7.14 Å². The van der Waals surface area contributed by atoms with Crippen molar-refractivity contribution in [3.63, 3.8) is 0 Å². The van der Waals surface area contributed by atoms with Gasteiger partial charge in [-0.2, -0.15) is 5.26 Å². The fraction of sp³-hybridized carbons (Fsp3) is 0. The summed E-state index contributed by atoms with van der Waals surface area (Å²) < 4.78 is 1.97. The number of nitrogen functional groups attached to an aromatic ring is 1. The quantitative estimate of drug-likeness (QED) is 0.563. The molecule has 0 aliphatic heterocycles. The van der Waals surface area contributed by atoms with E-state index in [1.165, 1.54) is 0 Å². The number of nitrogens with two attached hydrogens (primary N) is 1. The van der Waals surface area contributed by atoms with Crippen molar-refractivity contribution in [1.29, 1.82) is 5.26 Å². The van der Waals surface area contributed by atoms with Gasteiger partial charge in [0.1, 0.15) is 6.07 Å². The number of hydrogen-bond acceptors (Lipinski definition) is 2. The summed E-state index contributed by atoms with van der Waals surface area (Å²) >= 11 is 4.27. The van der Waals surface area contributed by atoms with E-state index >= 15 is 0 Å². The maximum absolute atomic E-state index is 8.65. The normalized spacial score (nSPS) is 9.18. The van der Waals surface area contributed by atoms with Gasteiger partial charge in [-0.15, -0.1) is 0 Å². The number of anilines is 1. The molecule has 0 spiro atoms. The Labute approximate surface area is 92.1 Å². The predicted octanol–water partition coefficient (Wildman–Crippen LogP) is 2.35. The number of nitrogens with zero attached hydrogens (tertiary/aromatic N) is 1. The predicted molar refractivity (Wildman–Crippen MR) is 61.0 cm³/mol. The van der Waals surface area contributed by atoms with Crippen LogP contribution in [0.25, 0.3) is 0 Å². The molecule has 1 rings (SSSR count). The number of benzene rings is 1. The molecule has 0 atom stereocenters. The molecule has 0 fully saturated rings. The maximum Gasteiger partial charge on any atom is 0.102 e. The summed E-state index contributed by atoms with van der Waals surface area (Å²) in [5.74, 6) is 0. The Kier molecular flexibility index (Phi) is 2.95. The van der Waals surface area contributed by atoms with Crippen LogP contribution in [-0.4, -0.2) is 0 Å². The minimum atomic E-state index is 0.559. The first-order chi connectivity index (χ1) is 5.15. The van der Waals surface area contributed by atoms with Crippen molar-refractivity contribution in [2.75, 3.05) is 5.73 Å². The summed E-state index contributed by atoms with van der Waals surface area (Å²) in [4.78, 5) is 0. The van der Waals surface area contributed by atoms with Gasteiger partial charge in [-0.05, 0) is 57.3 Å². The lowest BCUT2D eigenvalue weighted by Crippen LogP contribution is -1.93. The average Bonchev–Trinajstić information content (AvgIpc) is 1.85. The lowest BCUT2D eigenvalue weighted by Gasteiger charge is -2.00. The van der Waals surface area contributed by atoms with Crippen LogP contribution < -0.4 is 5.73 Å². The van der Waals surface area contributed by atoms with Crippen molar-refractivity contribution in [3.8, 4) is 6.07 Å². The summed E-state index contributed by atoms with van der Waals surface area (Å²) in [6, 6.07) is 5.77. The van der Waals surface area contributed by atoms with Crippen LogP contribution in [0.15, 0.2) is 12.1 Å². The molecule has 2 N–H and O–H groups in total. The first-order valence-corrected chi connectivity index (χ1v) is 4.95. The van der Waals surface area contributed by atoms with Crippen LogP contribution in [0.3, 0.4) is 0 Å². The molecule has 0 saturated heterocycles.